The van der Waals surface area contributed by atoms with E-state index in [0.717, 1.165) is 13.0 Å². The number of ether oxygens (including phenoxy) is 3. The molecule has 29 heavy (non-hydrogen) atoms. The highest BCUT2D eigenvalue weighted by atomic mass is 32.3. The van der Waals surface area contributed by atoms with Crippen LogP contribution >= 0.6 is 0 Å². The fourth-order valence-corrected chi connectivity index (χ4v) is 3.39. The van der Waals surface area contributed by atoms with Crippen LogP contribution in [-0.2, 0) is 38.4 Å². The second-order valence-corrected chi connectivity index (χ2v) is 7.40. The van der Waals surface area contributed by atoms with Gasteiger partial charge in [-0.3, -0.25) is 9.35 Å². The number of carbonyl (C=O) groups excluding carboxylic acids is 1. The van der Waals surface area contributed by atoms with E-state index in [-0.39, 0.29) is 0 Å². The molecule has 14 nitrogen and oxygen atoms in total. The van der Waals surface area contributed by atoms with Gasteiger partial charge in [0.25, 0.3) is 0 Å². The maximum atomic E-state index is 11.4. The molecule has 0 aromatic rings. The number of nitrogens with one attached hydrogen (secondary N) is 1. The van der Waals surface area contributed by atoms with Gasteiger partial charge in [0.15, 0.2) is 6.29 Å². The van der Waals surface area contributed by atoms with Gasteiger partial charge in [-0.05, 0) is 13.0 Å². The molecule has 0 spiro atoms. The number of carboxylic acid groups (broad SMARTS) is 1. The van der Waals surface area contributed by atoms with Crippen molar-refractivity contribution < 1.29 is 61.4 Å². The summed E-state index contributed by atoms with van der Waals surface area (Å²) in [6.07, 6.45) is -10.8. The van der Waals surface area contributed by atoms with E-state index in [1.807, 2.05) is 0 Å². The molecule has 2 aliphatic rings. The zero-order chi connectivity index (χ0) is 22.1. The number of hydrogen-bond donors (Lipinski definition) is 6. The van der Waals surface area contributed by atoms with Gasteiger partial charge in [0.2, 0.25) is 18.0 Å². The van der Waals surface area contributed by atoms with E-state index in [4.69, 9.17) is 23.9 Å². The molecule has 2 rings (SSSR count). The molecule has 0 aromatic carbocycles. The third kappa shape index (κ3) is 5.83. The zero-order valence-electron chi connectivity index (χ0n) is 15.1. The quantitative estimate of drug-likeness (QED) is 0.224. The Bertz CT molecular complexity index is 767. The van der Waals surface area contributed by atoms with E-state index < -0.39 is 77.2 Å². The smallest absolute Gasteiger partial charge is 0.397 e. The normalized spacial score (nSPS) is 37.9. The van der Waals surface area contributed by atoms with Crippen LogP contribution in [0.5, 0.6) is 0 Å². The minimum absolute atomic E-state index is 0.713. The summed E-state index contributed by atoms with van der Waals surface area (Å²) in [6.45, 7) is 2.36. The zero-order valence-corrected chi connectivity index (χ0v) is 15.9. The predicted molar refractivity (Wildman–Crippen MR) is 88.1 cm³/mol. The summed E-state index contributed by atoms with van der Waals surface area (Å²) in [5.41, 5.74) is 0. The van der Waals surface area contributed by atoms with Crippen molar-refractivity contribution in [3.8, 4) is 0 Å². The SMILES string of the molecule is CC(=O)N[C@@H]1C(O)OC(C)[C@@H](O[C@@H]2OC(C(=O)O)=CC(O)[C@@H]2O)C1OS(=O)(=O)O. The molecule has 2 heterocycles. The Morgan fingerprint density at radius 3 is 2.34 bits per heavy atom. The van der Waals surface area contributed by atoms with Crippen molar-refractivity contribution in [3.63, 3.8) is 0 Å². The number of aliphatic hydroxyl groups is 3. The molecular weight excluding hydrogens is 422 g/mol. The second kappa shape index (κ2) is 8.88. The minimum atomic E-state index is -5.12. The minimum Gasteiger partial charge on any atom is -0.475 e. The Morgan fingerprint density at radius 1 is 1.21 bits per heavy atom. The van der Waals surface area contributed by atoms with Crippen LogP contribution in [0.1, 0.15) is 13.8 Å². The molecule has 1 saturated heterocycles. The largest absolute Gasteiger partial charge is 0.475 e. The lowest BCUT2D eigenvalue weighted by Gasteiger charge is -2.44. The van der Waals surface area contributed by atoms with Gasteiger partial charge in [0, 0.05) is 6.92 Å². The lowest BCUT2D eigenvalue weighted by atomic mass is 9.97. The number of rotatable bonds is 6. The first-order valence-electron chi connectivity index (χ1n) is 8.20. The van der Waals surface area contributed by atoms with E-state index in [1.165, 1.54) is 6.92 Å². The van der Waals surface area contributed by atoms with Crippen molar-refractivity contribution in [2.24, 2.45) is 0 Å². The van der Waals surface area contributed by atoms with Gasteiger partial charge in [-0.25, -0.2) is 8.98 Å². The number of amides is 1. The standard InChI is InChI=1S/C14H21NO13S/c1-4-10(27-14-9(18)6(17)3-7(26-14)12(19)20)11(28-29(22,23)24)8(13(21)25-4)15-5(2)16/h3-4,6,8-11,13-14,17-18,21H,1-2H3,(H,15,16)(H,19,20)(H,22,23,24)/t4?,6?,8-,9-,10+,11?,13?,14-/m0/s1. The second-order valence-electron chi connectivity index (χ2n) is 6.35. The van der Waals surface area contributed by atoms with Gasteiger partial charge in [-0.1, -0.05) is 0 Å². The Kier molecular flexibility index (Phi) is 7.18. The van der Waals surface area contributed by atoms with Crippen LogP contribution in [-0.4, -0.2) is 94.4 Å². The first-order chi connectivity index (χ1) is 13.3. The molecule has 8 atom stereocenters. The Labute approximate surface area is 164 Å². The molecule has 0 saturated carbocycles. The summed E-state index contributed by atoms with van der Waals surface area (Å²) in [5.74, 6) is -3.03. The topological polar surface area (TPSA) is 218 Å². The molecule has 166 valence electrons. The summed E-state index contributed by atoms with van der Waals surface area (Å²) in [4.78, 5) is 22.5. The lowest BCUT2D eigenvalue weighted by molar-refractivity contribution is -0.296. The number of hydrogen-bond acceptors (Lipinski definition) is 11. The van der Waals surface area contributed by atoms with E-state index in [1.54, 1.807) is 0 Å². The molecule has 0 radical (unpaired) electrons. The van der Waals surface area contributed by atoms with Crippen LogP contribution in [0.15, 0.2) is 11.8 Å². The van der Waals surface area contributed by atoms with Crippen LogP contribution in [0.3, 0.4) is 0 Å². The van der Waals surface area contributed by atoms with Gasteiger partial charge in [0.05, 0.1) is 6.10 Å². The highest BCUT2D eigenvalue weighted by molar-refractivity contribution is 7.80. The molecule has 0 bridgehead atoms. The van der Waals surface area contributed by atoms with Crippen molar-refractivity contribution in [3.05, 3.63) is 11.8 Å². The average molecular weight is 443 g/mol. The van der Waals surface area contributed by atoms with E-state index in [2.05, 4.69) is 9.50 Å². The first-order valence-corrected chi connectivity index (χ1v) is 9.56. The lowest BCUT2D eigenvalue weighted by Crippen LogP contribution is -2.65. The van der Waals surface area contributed by atoms with Crippen LogP contribution in [0.2, 0.25) is 0 Å². The van der Waals surface area contributed by atoms with Crippen molar-refractivity contribution in [2.75, 3.05) is 0 Å². The van der Waals surface area contributed by atoms with E-state index >= 15 is 0 Å². The Hall–Kier alpha value is -1.85. The molecule has 15 heteroatoms. The van der Waals surface area contributed by atoms with Gasteiger partial charge >= 0.3 is 16.4 Å². The monoisotopic (exact) mass is 443 g/mol. The fraction of sp³-hybridized carbons (Fsp3) is 0.714. The fourth-order valence-electron chi connectivity index (χ4n) is 2.88. The maximum Gasteiger partial charge on any atom is 0.397 e. The summed E-state index contributed by atoms with van der Waals surface area (Å²) >= 11 is 0. The first kappa shape index (κ1) is 23.4. The van der Waals surface area contributed by atoms with Crippen LogP contribution < -0.4 is 5.32 Å². The number of aliphatic hydroxyl groups excluding tert-OH is 3. The number of carboxylic acids is 1. The summed E-state index contributed by atoms with van der Waals surface area (Å²) in [5, 5.41) is 41.0. The van der Waals surface area contributed by atoms with Crippen LogP contribution in [0.4, 0.5) is 0 Å². The molecule has 6 N–H and O–H groups in total. The van der Waals surface area contributed by atoms with Gasteiger partial charge in [0.1, 0.15) is 30.5 Å². The Balaban J connectivity index is 2.34. The third-order valence-corrected chi connectivity index (χ3v) is 4.57. The molecule has 2 aliphatic heterocycles. The van der Waals surface area contributed by atoms with Crippen LogP contribution in [0, 0.1) is 0 Å². The number of aliphatic carboxylic acids is 1. The van der Waals surface area contributed by atoms with E-state index in [0.29, 0.717) is 0 Å². The maximum absolute atomic E-state index is 11.4. The van der Waals surface area contributed by atoms with Crippen molar-refractivity contribution in [1.82, 2.24) is 5.32 Å². The van der Waals surface area contributed by atoms with Gasteiger partial charge in [-0.15, -0.1) is 0 Å². The Morgan fingerprint density at radius 2 is 1.83 bits per heavy atom. The molecule has 4 unspecified atom stereocenters. The third-order valence-electron chi connectivity index (χ3n) is 4.10. The summed E-state index contributed by atoms with van der Waals surface area (Å²) < 4.78 is 51.7. The van der Waals surface area contributed by atoms with Gasteiger partial charge in [-0.2, -0.15) is 8.42 Å². The molecule has 0 aromatic heterocycles. The van der Waals surface area contributed by atoms with Crippen molar-refractivity contribution in [1.29, 1.82) is 0 Å². The summed E-state index contributed by atoms with van der Waals surface area (Å²) in [6, 6.07) is -1.55. The molecule has 1 fully saturated rings. The predicted octanol–water partition coefficient (Wildman–Crippen LogP) is -3.15. The van der Waals surface area contributed by atoms with Crippen molar-refractivity contribution in [2.45, 2.75) is 63.0 Å². The summed E-state index contributed by atoms with van der Waals surface area (Å²) in [7, 11) is -5.12. The average Bonchev–Trinajstić information content (AvgIpc) is 2.56. The highest BCUT2D eigenvalue weighted by Crippen LogP contribution is 2.30. The van der Waals surface area contributed by atoms with Gasteiger partial charge < -0.3 is 40.0 Å². The highest BCUT2D eigenvalue weighted by Gasteiger charge is 2.50. The number of carbonyl (C=O) groups is 2. The van der Waals surface area contributed by atoms with Crippen molar-refractivity contribution >= 4 is 22.3 Å². The molecule has 0 aliphatic carbocycles. The van der Waals surface area contributed by atoms with Crippen LogP contribution in [0.25, 0.3) is 0 Å². The molecular formula is C14H21NO13S. The van der Waals surface area contributed by atoms with E-state index in [9.17, 15) is 33.3 Å². The molecule has 1 amide bonds.